The first-order chi connectivity index (χ1) is 10.6. The Hall–Kier alpha value is -2.79. The van der Waals surface area contributed by atoms with Gasteiger partial charge in [-0.05, 0) is 42.5 Å². The Balaban J connectivity index is 1.82. The first-order valence-corrected chi connectivity index (χ1v) is 6.86. The third-order valence-electron chi connectivity index (χ3n) is 3.02. The number of nitrogens with zero attached hydrogens (tertiary/aromatic N) is 1. The minimum absolute atomic E-state index is 0.0442. The maximum atomic E-state index is 12.3. The molecule has 0 bridgehead atoms. The van der Waals surface area contributed by atoms with E-state index >= 15 is 0 Å². The molecule has 0 spiro atoms. The van der Waals surface area contributed by atoms with E-state index in [1.807, 2.05) is 0 Å². The number of carbonyl (C=O) groups excluding carboxylic acids is 2. The summed E-state index contributed by atoms with van der Waals surface area (Å²) < 4.78 is 5.13. The van der Waals surface area contributed by atoms with Crippen molar-refractivity contribution in [3.63, 3.8) is 0 Å². The lowest BCUT2D eigenvalue weighted by molar-refractivity contribution is -0.117. The van der Waals surface area contributed by atoms with Crippen molar-refractivity contribution in [3.8, 4) is 0 Å². The fourth-order valence-electron chi connectivity index (χ4n) is 2.00. The largest absolute Gasteiger partial charge is 0.465 e. The molecule has 1 aliphatic rings. The average molecular weight is 315 g/mol. The number of hydrogen-bond acceptors (Lipinski definition) is 3. The van der Waals surface area contributed by atoms with E-state index in [1.54, 1.807) is 54.8 Å². The number of benzene rings is 1. The van der Waals surface area contributed by atoms with Gasteiger partial charge in [-0.2, -0.15) is 0 Å². The standard InChI is InChI=1S/C16H11ClN2O3/c17-11-4-1-5-12(10-11)19-16(21)14(15(20)18-19)8-2-6-13-7-3-9-22-13/h1-10H,(H,18,20). The molecule has 1 N–H and O–H groups in total. The monoisotopic (exact) mass is 314 g/mol. The third kappa shape index (κ3) is 2.80. The minimum atomic E-state index is -0.464. The second kappa shape index (κ2) is 5.91. The molecule has 0 atom stereocenters. The first kappa shape index (κ1) is 14.2. The maximum absolute atomic E-state index is 12.3. The Kier molecular flexibility index (Phi) is 3.80. The Morgan fingerprint density at radius 1 is 1.18 bits per heavy atom. The highest BCUT2D eigenvalue weighted by atomic mass is 35.5. The molecule has 1 aromatic carbocycles. The number of nitrogens with one attached hydrogen (secondary N) is 1. The van der Waals surface area contributed by atoms with Crippen molar-refractivity contribution in [2.75, 3.05) is 5.01 Å². The van der Waals surface area contributed by atoms with E-state index in [-0.39, 0.29) is 5.57 Å². The first-order valence-electron chi connectivity index (χ1n) is 6.48. The zero-order chi connectivity index (χ0) is 15.5. The quantitative estimate of drug-likeness (QED) is 0.700. The fraction of sp³-hybridized carbons (Fsp3) is 0. The molecular weight excluding hydrogens is 304 g/mol. The number of hydrazine groups is 1. The van der Waals surface area contributed by atoms with Crippen LogP contribution in [0.5, 0.6) is 0 Å². The van der Waals surface area contributed by atoms with Crippen LogP contribution in [0.25, 0.3) is 6.08 Å². The van der Waals surface area contributed by atoms with E-state index < -0.39 is 11.8 Å². The second-order valence-corrected chi connectivity index (χ2v) is 4.95. The van der Waals surface area contributed by atoms with Gasteiger partial charge in [-0.15, -0.1) is 0 Å². The molecule has 1 aliphatic heterocycles. The normalized spacial score (nSPS) is 16.8. The van der Waals surface area contributed by atoms with E-state index in [2.05, 4.69) is 5.43 Å². The summed E-state index contributed by atoms with van der Waals surface area (Å²) in [6, 6.07) is 10.2. The van der Waals surface area contributed by atoms with Crippen LogP contribution in [-0.4, -0.2) is 11.8 Å². The molecule has 110 valence electrons. The predicted molar refractivity (Wildman–Crippen MR) is 82.9 cm³/mol. The summed E-state index contributed by atoms with van der Waals surface area (Å²) in [6.45, 7) is 0. The summed E-state index contributed by atoms with van der Waals surface area (Å²) in [4.78, 5) is 24.2. The van der Waals surface area contributed by atoms with Gasteiger partial charge in [-0.25, -0.2) is 5.01 Å². The lowest BCUT2D eigenvalue weighted by Crippen LogP contribution is -2.35. The smallest absolute Gasteiger partial charge is 0.282 e. The number of carbonyl (C=O) groups is 2. The van der Waals surface area contributed by atoms with Crippen molar-refractivity contribution in [2.24, 2.45) is 0 Å². The molecule has 2 amide bonds. The van der Waals surface area contributed by atoms with Crippen LogP contribution in [-0.2, 0) is 9.59 Å². The Bertz CT molecular complexity index is 778. The van der Waals surface area contributed by atoms with Crippen molar-refractivity contribution in [2.45, 2.75) is 0 Å². The number of rotatable bonds is 3. The second-order valence-electron chi connectivity index (χ2n) is 4.52. The molecule has 1 saturated heterocycles. The Morgan fingerprint density at radius 3 is 2.77 bits per heavy atom. The van der Waals surface area contributed by atoms with Gasteiger partial charge >= 0.3 is 0 Å². The van der Waals surface area contributed by atoms with Gasteiger partial charge in [0.25, 0.3) is 11.8 Å². The predicted octanol–water partition coefficient (Wildman–Crippen LogP) is 2.95. The average Bonchev–Trinajstić information content (AvgIpc) is 3.10. The molecule has 0 saturated carbocycles. The van der Waals surface area contributed by atoms with Gasteiger partial charge in [-0.3, -0.25) is 15.0 Å². The molecule has 0 radical (unpaired) electrons. The number of halogens is 1. The third-order valence-corrected chi connectivity index (χ3v) is 3.26. The van der Waals surface area contributed by atoms with Gasteiger partial charge in [0.15, 0.2) is 0 Å². The van der Waals surface area contributed by atoms with Gasteiger partial charge in [0.1, 0.15) is 11.3 Å². The number of furan rings is 1. The molecule has 5 nitrogen and oxygen atoms in total. The van der Waals surface area contributed by atoms with Crippen LogP contribution in [0.15, 0.2) is 64.8 Å². The zero-order valence-corrected chi connectivity index (χ0v) is 12.1. The highest BCUT2D eigenvalue weighted by molar-refractivity contribution is 6.32. The van der Waals surface area contributed by atoms with E-state index in [9.17, 15) is 9.59 Å². The van der Waals surface area contributed by atoms with Gasteiger partial charge < -0.3 is 4.42 Å². The molecule has 2 aromatic rings. The van der Waals surface area contributed by atoms with Crippen molar-refractivity contribution < 1.29 is 14.0 Å². The molecule has 0 aliphatic carbocycles. The van der Waals surface area contributed by atoms with Gasteiger partial charge in [0.05, 0.1) is 12.0 Å². The van der Waals surface area contributed by atoms with Crippen LogP contribution in [0.4, 0.5) is 5.69 Å². The number of allylic oxidation sites excluding steroid dienone is 2. The van der Waals surface area contributed by atoms with Crippen molar-refractivity contribution in [1.82, 2.24) is 5.43 Å². The molecule has 1 aromatic heterocycles. The van der Waals surface area contributed by atoms with E-state index in [0.29, 0.717) is 16.5 Å². The molecule has 6 heteroatoms. The highest BCUT2D eigenvalue weighted by Crippen LogP contribution is 2.23. The van der Waals surface area contributed by atoms with Crippen LogP contribution in [0.2, 0.25) is 5.02 Å². The van der Waals surface area contributed by atoms with Crippen LogP contribution in [0.1, 0.15) is 5.76 Å². The number of anilines is 1. The van der Waals surface area contributed by atoms with Crippen LogP contribution >= 0.6 is 11.6 Å². The summed E-state index contributed by atoms with van der Waals surface area (Å²) in [5.74, 6) is -0.264. The van der Waals surface area contributed by atoms with E-state index in [0.717, 1.165) is 0 Å². The minimum Gasteiger partial charge on any atom is -0.465 e. The zero-order valence-electron chi connectivity index (χ0n) is 11.3. The van der Waals surface area contributed by atoms with Crippen molar-refractivity contribution >= 4 is 35.2 Å². The fourth-order valence-corrected chi connectivity index (χ4v) is 2.18. The Labute approximate surface area is 131 Å². The number of amides is 2. The summed E-state index contributed by atoms with van der Waals surface area (Å²) in [6.07, 6.45) is 6.24. The van der Waals surface area contributed by atoms with Crippen LogP contribution in [0.3, 0.4) is 0 Å². The SMILES string of the molecule is O=C1NN(c2cccc(Cl)c2)C(=O)C1=CC=Cc1ccco1. The maximum Gasteiger partial charge on any atom is 0.282 e. The molecule has 1 fully saturated rings. The molecular formula is C16H11ClN2O3. The lowest BCUT2D eigenvalue weighted by Gasteiger charge is -2.14. The topological polar surface area (TPSA) is 62.6 Å². The molecule has 3 rings (SSSR count). The summed E-state index contributed by atoms with van der Waals surface area (Å²) >= 11 is 5.90. The summed E-state index contributed by atoms with van der Waals surface area (Å²) in [5.41, 5.74) is 3.05. The Morgan fingerprint density at radius 2 is 2.05 bits per heavy atom. The lowest BCUT2D eigenvalue weighted by atomic mass is 10.2. The van der Waals surface area contributed by atoms with Crippen molar-refractivity contribution in [1.29, 1.82) is 0 Å². The van der Waals surface area contributed by atoms with Gasteiger partial charge in [-0.1, -0.05) is 23.7 Å². The van der Waals surface area contributed by atoms with E-state index in [1.165, 1.54) is 11.1 Å². The molecule has 22 heavy (non-hydrogen) atoms. The van der Waals surface area contributed by atoms with Crippen LogP contribution < -0.4 is 10.4 Å². The van der Waals surface area contributed by atoms with Crippen LogP contribution in [0, 0.1) is 0 Å². The van der Waals surface area contributed by atoms with Gasteiger partial charge in [0, 0.05) is 5.02 Å². The molecule has 2 heterocycles. The summed E-state index contributed by atoms with van der Waals surface area (Å²) in [5, 5.41) is 1.65. The highest BCUT2D eigenvalue weighted by Gasteiger charge is 2.33. The summed E-state index contributed by atoms with van der Waals surface area (Å²) in [7, 11) is 0. The number of hydrogen-bond donors (Lipinski definition) is 1. The van der Waals surface area contributed by atoms with Crippen molar-refractivity contribution in [3.05, 3.63) is 71.2 Å². The van der Waals surface area contributed by atoms with Gasteiger partial charge in [0.2, 0.25) is 0 Å². The molecule has 0 unspecified atom stereocenters. The van der Waals surface area contributed by atoms with E-state index in [4.69, 9.17) is 16.0 Å².